The van der Waals surface area contributed by atoms with Crippen LogP contribution in [-0.4, -0.2) is 29.0 Å². The fraction of sp³-hybridized carbons (Fsp3) is 0.526. The van der Waals surface area contributed by atoms with Gasteiger partial charge < -0.3 is 5.73 Å². The van der Waals surface area contributed by atoms with Crippen molar-refractivity contribution in [1.29, 1.82) is 0 Å². The van der Waals surface area contributed by atoms with E-state index >= 15 is 0 Å². The van der Waals surface area contributed by atoms with Crippen molar-refractivity contribution in [2.24, 2.45) is 17.6 Å². The fourth-order valence-electron chi connectivity index (χ4n) is 4.63. The molecule has 3 fully saturated rings. The van der Waals surface area contributed by atoms with Crippen LogP contribution in [0.15, 0.2) is 36.5 Å². The zero-order valence-corrected chi connectivity index (χ0v) is 13.3. The number of hydrogen-bond acceptors (Lipinski definition) is 3. The van der Waals surface area contributed by atoms with Gasteiger partial charge in [-0.3, -0.25) is 9.88 Å². The molecule has 3 saturated heterocycles. The van der Waals surface area contributed by atoms with Gasteiger partial charge in [-0.15, -0.1) is 0 Å². The van der Waals surface area contributed by atoms with E-state index in [-0.39, 0.29) is 6.04 Å². The molecule has 5 rings (SSSR count). The van der Waals surface area contributed by atoms with Crippen molar-refractivity contribution in [3.8, 4) is 0 Å². The van der Waals surface area contributed by atoms with Gasteiger partial charge in [-0.25, -0.2) is 0 Å². The maximum Gasteiger partial charge on any atom is 0.0705 e. The lowest BCUT2D eigenvalue weighted by Gasteiger charge is -2.51. The van der Waals surface area contributed by atoms with Crippen molar-refractivity contribution in [2.75, 3.05) is 13.1 Å². The molecule has 0 radical (unpaired) electrons. The van der Waals surface area contributed by atoms with E-state index in [9.17, 15) is 0 Å². The summed E-state index contributed by atoms with van der Waals surface area (Å²) in [5.74, 6) is 1.76. The van der Waals surface area contributed by atoms with Gasteiger partial charge in [0.1, 0.15) is 0 Å². The molecule has 0 aliphatic carbocycles. The molecule has 5 atom stereocenters. The molecule has 0 amide bonds. The van der Waals surface area contributed by atoms with Crippen LogP contribution in [0.2, 0.25) is 0 Å². The minimum absolute atomic E-state index is 0.0912. The zero-order valence-electron chi connectivity index (χ0n) is 13.3. The number of pyridine rings is 1. The van der Waals surface area contributed by atoms with Crippen LogP contribution in [0.5, 0.6) is 0 Å². The Bertz CT molecular complexity index is 663. The Hall–Kier alpha value is -1.45. The van der Waals surface area contributed by atoms with Gasteiger partial charge in [-0.05, 0) is 48.9 Å². The maximum atomic E-state index is 6.74. The second-order valence-corrected chi connectivity index (χ2v) is 6.96. The van der Waals surface area contributed by atoms with E-state index in [4.69, 9.17) is 5.73 Å². The fourth-order valence-corrected chi connectivity index (χ4v) is 4.63. The van der Waals surface area contributed by atoms with E-state index in [0.717, 1.165) is 17.4 Å². The molecule has 1 aromatic heterocycles. The van der Waals surface area contributed by atoms with Gasteiger partial charge in [-0.2, -0.15) is 0 Å². The first-order valence-electron chi connectivity index (χ1n) is 8.61. The predicted octanol–water partition coefficient (Wildman–Crippen LogP) is 3.36. The largest absolute Gasteiger partial charge is 0.323 e. The lowest BCUT2D eigenvalue weighted by Crippen LogP contribution is -2.56. The molecule has 3 heteroatoms. The highest BCUT2D eigenvalue weighted by Gasteiger charge is 2.41. The SMILES string of the molecule is CC[C@H]1CN2CC[C@H]1C[C@H]2[C@@H](N)c1ccnc2ccccc12. The molecule has 2 bridgehead atoms. The molecule has 116 valence electrons. The summed E-state index contributed by atoms with van der Waals surface area (Å²) in [6.07, 6.45) is 5.83. The first kappa shape index (κ1) is 14.2. The number of para-hydroxylation sites is 1. The van der Waals surface area contributed by atoms with Crippen molar-refractivity contribution >= 4 is 10.9 Å². The number of benzene rings is 1. The topological polar surface area (TPSA) is 42.1 Å². The number of nitrogens with zero attached hydrogens (tertiary/aromatic N) is 2. The molecule has 22 heavy (non-hydrogen) atoms. The normalized spacial score (nSPS) is 32.3. The van der Waals surface area contributed by atoms with E-state index in [1.54, 1.807) is 0 Å². The predicted molar refractivity (Wildman–Crippen MR) is 90.5 cm³/mol. The van der Waals surface area contributed by atoms with E-state index in [1.165, 1.54) is 43.3 Å². The van der Waals surface area contributed by atoms with Crippen LogP contribution in [0.25, 0.3) is 10.9 Å². The number of piperidine rings is 3. The Balaban J connectivity index is 1.66. The highest BCUT2D eigenvalue weighted by atomic mass is 15.2. The van der Waals surface area contributed by atoms with Gasteiger partial charge in [0.15, 0.2) is 0 Å². The van der Waals surface area contributed by atoms with Crippen LogP contribution in [0.1, 0.15) is 37.8 Å². The number of aromatic nitrogens is 1. The molecule has 1 unspecified atom stereocenters. The van der Waals surface area contributed by atoms with Crippen molar-refractivity contribution < 1.29 is 0 Å². The molecule has 0 spiro atoms. The van der Waals surface area contributed by atoms with Crippen LogP contribution in [0.4, 0.5) is 0 Å². The molecule has 3 aliphatic heterocycles. The van der Waals surface area contributed by atoms with Gasteiger partial charge in [0.05, 0.1) is 5.52 Å². The number of rotatable bonds is 3. The van der Waals surface area contributed by atoms with Crippen molar-refractivity contribution in [3.63, 3.8) is 0 Å². The molecule has 3 aliphatic rings. The monoisotopic (exact) mass is 295 g/mol. The molecule has 3 nitrogen and oxygen atoms in total. The van der Waals surface area contributed by atoms with E-state index in [0.29, 0.717) is 6.04 Å². The Labute approximate surface area is 132 Å². The third-order valence-electron chi connectivity index (χ3n) is 5.92. The van der Waals surface area contributed by atoms with Crippen LogP contribution < -0.4 is 5.73 Å². The Morgan fingerprint density at radius 1 is 1.32 bits per heavy atom. The molecule has 2 N–H and O–H groups in total. The summed E-state index contributed by atoms with van der Waals surface area (Å²) in [6, 6.07) is 11.1. The molecule has 0 saturated carbocycles. The third kappa shape index (κ3) is 2.24. The van der Waals surface area contributed by atoms with Crippen LogP contribution in [0, 0.1) is 11.8 Å². The average Bonchev–Trinajstić information content (AvgIpc) is 2.60. The lowest BCUT2D eigenvalue weighted by atomic mass is 9.72. The lowest BCUT2D eigenvalue weighted by molar-refractivity contribution is -0.0105. The van der Waals surface area contributed by atoms with Crippen molar-refractivity contribution in [3.05, 3.63) is 42.1 Å². The maximum absolute atomic E-state index is 6.74. The smallest absolute Gasteiger partial charge is 0.0705 e. The molecule has 1 aromatic carbocycles. The molecular weight excluding hydrogens is 270 g/mol. The van der Waals surface area contributed by atoms with Gasteiger partial charge >= 0.3 is 0 Å². The van der Waals surface area contributed by atoms with Gasteiger partial charge in [0.2, 0.25) is 0 Å². The minimum Gasteiger partial charge on any atom is -0.323 e. The second kappa shape index (κ2) is 5.64. The quantitative estimate of drug-likeness (QED) is 0.944. The number of nitrogens with two attached hydrogens (primary N) is 1. The zero-order chi connectivity index (χ0) is 15.1. The number of hydrogen-bond donors (Lipinski definition) is 1. The Morgan fingerprint density at radius 2 is 2.18 bits per heavy atom. The average molecular weight is 295 g/mol. The summed E-state index contributed by atoms with van der Waals surface area (Å²) in [6.45, 7) is 4.79. The van der Waals surface area contributed by atoms with Gasteiger partial charge in [-0.1, -0.05) is 31.5 Å². The van der Waals surface area contributed by atoms with E-state index < -0.39 is 0 Å². The van der Waals surface area contributed by atoms with E-state index in [1.807, 2.05) is 12.3 Å². The first-order valence-corrected chi connectivity index (χ1v) is 8.61. The standard InChI is InChI=1S/C19H25N3/c1-2-13-12-22-10-8-14(13)11-18(22)19(20)16-7-9-21-17-6-4-3-5-15(16)17/h3-7,9,13-14,18-19H,2,8,10-12,20H2,1H3/t13-,14-,18-,19-/m0/s1. The Kier molecular flexibility index (Phi) is 3.63. The van der Waals surface area contributed by atoms with Gasteiger partial charge in [0.25, 0.3) is 0 Å². The van der Waals surface area contributed by atoms with Crippen LogP contribution in [-0.2, 0) is 0 Å². The van der Waals surface area contributed by atoms with Gasteiger partial charge in [0, 0.05) is 30.2 Å². The summed E-state index contributed by atoms with van der Waals surface area (Å²) >= 11 is 0. The second-order valence-electron chi connectivity index (χ2n) is 6.96. The molecular formula is C19H25N3. The summed E-state index contributed by atoms with van der Waals surface area (Å²) in [7, 11) is 0. The molecule has 2 aromatic rings. The summed E-state index contributed by atoms with van der Waals surface area (Å²) in [5.41, 5.74) is 9.05. The van der Waals surface area contributed by atoms with Crippen molar-refractivity contribution in [2.45, 2.75) is 38.3 Å². The van der Waals surface area contributed by atoms with Crippen molar-refractivity contribution in [1.82, 2.24) is 9.88 Å². The highest BCUT2D eigenvalue weighted by molar-refractivity contribution is 5.82. The third-order valence-corrected chi connectivity index (χ3v) is 5.92. The highest BCUT2D eigenvalue weighted by Crippen LogP contribution is 2.41. The van der Waals surface area contributed by atoms with Crippen LogP contribution >= 0.6 is 0 Å². The summed E-state index contributed by atoms with van der Waals surface area (Å²) in [4.78, 5) is 7.12. The van der Waals surface area contributed by atoms with Crippen LogP contribution in [0.3, 0.4) is 0 Å². The molecule has 4 heterocycles. The Morgan fingerprint density at radius 3 is 2.95 bits per heavy atom. The summed E-state index contributed by atoms with van der Waals surface area (Å²) < 4.78 is 0. The first-order chi connectivity index (χ1) is 10.8. The number of fused-ring (bicyclic) bond motifs is 4. The van der Waals surface area contributed by atoms with E-state index in [2.05, 4.69) is 41.1 Å². The summed E-state index contributed by atoms with van der Waals surface area (Å²) in [5, 5.41) is 1.21. The minimum atomic E-state index is 0.0912.